The molecule has 3 aromatic rings. The summed E-state index contributed by atoms with van der Waals surface area (Å²) in [6, 6.07) is 27.3. The summed E-state index contributed by atoms with van der Waals surface area (Å²) in [7, 11) is -2.37. The lowest BCUT2D eigenvalue weighted by Gasteiger charge is -2.43. The standard InChI is InChI=1S/C31H42O2P/c1-7-22-31(32-23-8-2,33-24-9-3)34(28-16-10-25(4)11-17-28,29-18-12-26(5)13-19-29)30-20-14-27(6)15-21-30/h10-21H,7-9,22-24H2,1-6H3/q+1. The number of hydrogen-bond donors (Lipinski definition) is 0. The van der Waals surface area contributed by atoms with Crippen LogP contribution in [0.2, 0.25) is 0 Å². The first-order chi connectivity index (χ1) is 16.4. The first-order valence-electron chi connectivity index (χ1n) is 12.8. The molecule has 34 heavy (non-hydrogen) atoms. The summed E-state index contributed by atoms with van der Waals surface area (Å²) >= 11 is 0. The largest absolute Gasteiger partial charge is 0.318 e. The van der Waals surface area contributed by atoms with Crippen LogP contribution in [0.4, 0.5) is 0 Å². The molecular weight excluding hydrogens is 435 g/mol. The summed E-state index contributed by atoms with van der Waals surface area (Å²) in [5.74, 6) is 0. The number of benzene rings is 3. The molecule has 2 nitrogen and oxygen atoms in total. The van der Waals surface area contributed by atoms with Crippen molar-refractivity contribution in [3.8, 4) is 0 Å². The van der Waals surface area contributed by atoms with E-state index in [2.05, 4.69) is 114 Å². The Bertz CT molecular complexity index is 888. The fraction of sp³-hybridized carbons (Fsp3) is 0.419. The maximum atomic E-state index is 6.97. The van der Waals surface area contributed by atoms with Crippen LogP contribution in [0.3, 0.4) is 0 Å². The third-order valence-corrected chi connectivity index (χ3v) is 11.1. The highest BCUT2D eigenvalue weighted by atomic mass is 31.2. The van der Waals surface area contributed by atoms with Gasteiger partial charge < -0.3 is 9.47 Å². The van der Waals surface area contributed by atoms with Gasteiger partial charge in [0.05, 0.1) is 13.2 Å². The van der Waals surface area contributed by atoms with Crippen molar-refractivity contribution < 1.29 is 9.47 Å². The molecule has 0 amide bonds. The SMILES string of the molecule is CCCOC(CCC)(OCCC)[P+](c1ccc(C)cc1)(c1ccc(C)cc1)c1ccc(C)cc1. The van der Waals surface area contributed by atoms with Gasteiger partial charge in [0, 0.05) is 6.42 Å². The van der Waals surface area contributed by atoms with Crippen molar-refractivity contribution in [3.05, 3.63) is 89.5 Å². The van der Waals surface area contributed by atoms with Gasteiger partial charge in [0.1, 0.15) is 15.9 Å². The second-order valence-electron chi connectivity index (χ2n) is 9.34. The third-order valence-electron chi connectivity index (χ3n) is 6.40. The number of hydrogen-bond acceptors (Lipinski definition) is 2. The first kappa shape index (κ1) is 26.6. The van der Waals surface area contributed by atoms with Crippen LogP contribution in [-0.4, -0.2) is 18.7 Å². The summed E-state index contributed by atoms with van der Waals surface area (Å²) in [6.45, 7) is 14.4. The highest BCUT2D eigenvalue weighted by Crippen LogP contribution is 2.68. The van der Waals surface area contributed by atoms with Crippen LogP contribution in [0.5, 0.6) is 0 Å². The van der Waals surface area contributed by atoms with E-state index in [9.17, 15) is 0 Å². The van der Waals surface area contributed by atoms with E-state index in [1.807, 2.05) is 0 Å². The van der Waals surface area contributed by atoms with Crippen molar-refractivity contribution in [2.24, 2.45) is 0 Å². The molecule has 0 unspecified atom stereocenters. The second kappa shape index (κ2) is 12.1. The van der Waals surface area contributed by atoms with Crippen molar-refractivity contribution in [1.29, 1.82) is 0 Å². The molecule has 0 atom stereocenters. The summed E-state index contributed by atoms with van der Waals surface area (Å²) in [6.07, 6.45) is 3.74. The van der Waals surface area contributed by atoms with Gasteiger partial charge in [0.15, 0.2) is 7.26 Å². The Morgan fingerprint density at radius 2 is 0.853 bits per heavy atom. The lowest BCUT2D eigenvalue weighted by atomic mass is 10.2. The van der Waals surface area contributed by atoms with E-state index in [0.717, 1.165) is 25.7 Å². The fourth-order valence-corrected chi connectivity index (χ4v) is 9.72. The van der Waals surface area contributed by atoms with Crippen LogP contribution in [0.25, 0.3) is 0 Å². The van der Waals surface area contributed by atoms with Crippen LogP contribution >= 0.6 is 7.26 Å². The summed E-state index contributed by atoms with van der Waals surface area (Å²) in [5.41, 5.74) is 3.06. The van der Waals surface area contributed by atoms with Gasteiger partial charge in [-0.25, -0.2) is 0 Å². The van der Waals surface area contributed by atoms with Crippen LogP contribution in [0.1, 0.15) is 63.1 Å². The summed E-state index contributed by atoms with van der Waals surface area (Å²) in [5, 5.41) is 3.93. The minimum atomic E-state index is -2.37. The van der Waals surface area contributed by atoms with Gasteiger partial charge in [0.25, 0.3) is 5.53 Å². The van der Waals surface area contributed by atoms with E-state index >= 15 is 0 Å². The van der Waals surface area contributed by atoms with Gasteiger partial charge in [-0.15, -0.1) is 0 Å². The van der Waals surface area contributed by atoms with Gasteiger partial charge in [-0.2, -0.15) is 0 Å². The molecule has 0 radical (unpaired) electrons. The quantitative estimate of drug-likeness (QED) is 0.203. The monoisotopic (exact) mass is 477 g/mol. The lowest BCUT2D eigenvalue weighted by molar-refractivity contribution is -0.180. The maximum Gasteiger partial charge on any atom is 0.298 e. The highest BCUT2D eigenvalue weighted by molar-refractivity contribution is 7.96. The molecule has 0 saturated heterocycles. The Balaban J connectivity index is 2.48. The van der Waals surface area contributed by atoms with Gasteiger partial charge in [-0.3, -0.25) is 0 Å². The van der Waals surface area contributed by atoms with Gasteiger partial charge in [-0.1, -0.05) is 73.9 Å². The molecule has 3 aromatic carbocycles. The van der Waals surface area contributed by atoms with Crippen LogP contribution < -0.4 is 15.9 Å². The average Bonchev–Trinajstić information content (AvgIpc) is 2.85. The minimum Gasteiger partial charge on any atom is -0.318 e. The molecule has 0 aliphatic heterocycles. The molecule has 0 aliphatic rings. The molecule has 3 heteroatoms. The lowest BCUT2D eigenvalue weighted by Crippen LogP contribution is -2.51. The Morgan fingerprint density at radius 1 is 0.529 bits per heavy atom. The predicted octanol–water partition coefficient (Wildman–Crippen LogP) is 7.21. The van der Waals surface area contributed by atoms with Crippen molar-refractivity contribution >= 4 is 23.2 Å². The zero-order chi connectivity index (χ0) is 24.6. The number of aryl methyl sites for hydroxylation is 3. The van der Waals surface area contributed by atoms with E-state index in [1.165, 1.54) is 32.6 Å². The Labute approximate surface area is 208 Å². The molecule has 182 valence electrons. The molecule has 0 saturated carbocycles. The molecule has 0 aliphatic carbocycles. The maximum absolute atomic E-state index is 6.97. The molecule has 0 N–H and O–H groups in total. The molecular formula is C31H42O2P+. The molecule has 0 heterocycles. The van der Waals surface area contributed by atoms with Crippen molar-refractivity contribution in [1.82, 2.24) is 0 Å². The normalized spacial score (nSPS) is 12.2. The summed E-state index contributed by atoms with van der Waals surface area (Å²) < 4.78 is 13.9. The van der Waals surface area contributed by atoms with E-state index in [1.54, 1.807) is 0 Å². The average molecular weight is 478 g/mol. The molecule has 0 spiro atoms. The zero-order valence-corrected chi connectivity index (χ0v) is 22.8. The van der Waals surface area contributed by atoms with Crippen molar-refractivity contribution in [2.45, 2.75) is 72.8 Å². The van der Waals surface area contributed by atoms with Crippen molar-refractivity contribution in [3.63, 3.8) is 0 Å². The van der Waals surface area contributed by atoms with E-state index < -0.39 is 12.8 Å². The first-order valence-corrected chi connectivity index (χ1v) is 14.6. The highest BCUT2D eigenvalue weighted by Gasteiger charge is 2.65. The second-order valence-corrected chi connectivity index (χ2v) is 12.9. The van der Waals surface area contributed by atoms with E-state index in [-0.39, 0.29) is 0 Å². The third kappa shape index (κ3) is 5.30. The molecule has 0 aromatic heterocycles. The van der Waals surface area contributed by atoms with Crippen LogP contribution in [-0.2, 0) is 9.47 Å². The number of rotatable bonds is 12. The van der Waals surface area contributed by atoms with Crippen LogP contribution in [0, 0.1) is 20.8 Å². The molecule has 3 rings (SSSR count). The Morgan fingerprint density at radius 3 is 1.12 bits per heavy atom. The minimum absolute atomic E-state index is 0.676. The Kier molecular flexibility index (Phi) is 9.48. The fourth-order valence-electron chi connectivity index (χ4n) is 4.73. The van der Waals surface area contributed by atoms with E-state index in [4.69, 9.17) is 9.47 Å². The van der Waals surface area contributed by atoms with Crippen LogP contribution in [0.15, 0.2) is 72.8 Å². The summed E-state index contributed by atoms with van der Waals surface area (Å²) in [4.78, 5) is 0. The van der Waals surface area contributed by atoms with Gasteiger partial charge >= 0.3 is 0 Å². The van der Waals surface area contributed by atoms with E-state index in [0.29, 0.717) is 13.2 Å². The zero-order valence-electron chi connectivity index (χ0n) is 21.9. The smallest absolute Gasteiger partial charge is 0.298 e. The predicted molar refractivity (Wildman–Crippen MR) is 149 cm³/mol. The van der Waals surface area contributed by atoms with Crippen molar-refractivity contribution in [2.75, 3.05) is 13.2 Å². The Hall–Kier alpha value is -1.99. The van der Waals surface area contributed by atoms with Gasteiger partial charge in [0.2, 0.25) is 0 Å². The van der Waals surface area contributed by atoms with Gasteiger partial charge in [-0.05, 0) is 76.4 Å². The number of ether oxygens (including phenoxy) is 2. The molecule has 0 fully saturated rings. The topological polar surface area (TPSA) is 18.5 Å². The molecule has 0 bridgehead atoms.